The molecule has 0 unspecified atom stereocenters. The molecule has 6 nitrogen and oxygen atoms in total. The fourth-order valence-corrected chi connectivity index (χ4v) is 4.89. The van der Waals surface area contributed by atoms with E-state index in [0.29, 0.717) is 35.2 Å². The summed E-state index contributed by atoms with van der Waals surface area (Å²) in [6.45, 7) is 7.24. The Morgan fingerprint density at radius 1 is 1.00 bits per heavy atom. The average molecular weight is 496 g/mol. The molecule has 176 valence electrons. The number of carbonyl (C=O) groups is 1. The lowest BCUT2D eigenvalue weighted by molar-refractivity contribution is 0.0746. The minimum Gasteiger partial charge on any atom is -0.368 e. The number of fused-ring (bicyclic) bond motifs is 1. The number of amides is 1. The first-order chi connectivity index (χ1) is 16.5. The number of nitrogens with zero attached hydrogens (tertiary/aromatic N) is 4. The van der Waals surface area contributed by atoms with Crippen LogP contribution in [-0.2, 0) is 6.54 Å². The normalized spacial score (nSPS) is 15.7. The van der Waals surface area contributed by atoms with Crippen LogP contribution in [0.5, 0.6) is 0 Å². The van der Waals surface area contributed by atoms with Crippen LogP contribution in [0.3, 0.4) is 0 Å². The molecule has 2 aliphatic rings. The molecule has 3 heterocycles. The summed E-state index contributed by atoms with van der Waals surface area (Å²) in [4.78, 5) is 24.3. The molecule has 0 aliphatic carbocycles. The number of nitrogens with one attached hydrogen (secondary N) is 1. The van der Waals surface area contributed by atoms with Gasteiger partial charge in [-0.3, -0.25) is 4.79 Å². The number of piperazine rings is 1. The van der Waals surface area contributed by atoms with Crippen LogP contribution in [0, 0.1) is 6.92 Å². The van der Waals surface area contributed by atoms with Crippen molar-refractivity contribution in [3.8, 4) is 0 Å². The van der Waals surface area contributed by atoms with E-state index >= 15 is 0 Å². The highest BCUT2D eigenvalue weighted by molar-refractivity contribution is 6.33. The standard InChI is InChI=1S/C26H27Cl2N5O/c1-18-2-5-22(6-3-18)31-10-12-32(13-11-31)26(34)19-15-24-25(30-16-19)29-8-9-33(24)17-20-14-21(27)4-7-23(20)28/h2-7,14-16H,8-13,17H2,1H3,(H,29,30). The summed E-state index contributed by atoms with van der Waals surface area (Å²) < 4.78 is 0. The number of rotatable bonds is 4. The van der Waals surface area contributed by atoms with Crippen LogP contribution in [0.4, 0.5) is 17.2 Å². The van der Waals surface area contributed by atoms with Crippen LogP contribution in [0.2, 0.25) is 10.0 Å². The van der Waals surface area contributed by atoms with Gasteiger partial charge in [-0.1, -0.05) is 40.9 Å². The molecule has 34 heavy (non-hydrogen) atoms. The van der Waals surface area contributed by atoms with E-state index in [2.05, 4.69) is 51.3 Å². The third-order valence-electron chi connectivity index (χ3n) is 6.46. The summed E-state index contributed by atoms with van der Waals surface area (Å²) in [5, 5.41) is 4.67. The van der Waals surface area contributed by atoms with Crippen LogP contribution in [0.1, 0.15) is 21.5 Å². The molecular weight excluding hydrogens is 469 g/mol. The molecule has 1 amide bonds. The van der Waals surface area contributed by atoms with E-state index in [1.165, 1.54) is 11.3 Å². The molecule has 0 radical (unpaired) electrons. The first-order valence-corrected chi connectivity index (χ1v) is 12.3. The summed E-state index contributed by atoms with van der Waals surface area (Å²) in [7, 11) is 0. The Balaban J connectivity index is 1.30. The van der Waals surface area contributed by atoms with E-state index in [1.54, 1.807) is 12.3 Å². The van der Waals surface area contributed by atoms with E-state index in [9.17, 15) is 4.79 Å². The average Bonchev–Trinajstić information content (AvgIpc) is 2.86. The van der Waals surface area contributed by atoms with Crippen LogP contribution in [0.25, 0.3) is 0 Å². The van der Waals surface area contributed by atoms with Gasteiger partial charge in [0.05, 0.1) is 11.3 Å². The number of hydrogen-bond acceptors (Lipinski definition) is 5. The summed E-state index contributed by atoms with van der Waals surface area (Å²) in [5.41, 5.74) is 4.92. The summed E-state index contributed by atoms with van der Waals surface area (Å²) in [6.07, 6.45) is 1.68. The van der Waals surface area contributed by atoms with Crippen LogP contribution in [0.15, 0.2) is 54.7 Å². The Kier molecular flexibility index (Phi) is 6.53. The third kappa shape index (κ3) is 4.79. The maximum Gasteiger partial charge on any atom is 0.255 e. The van der Waals surface area contributed by atoms with Gasteiger partial charge in [0.2, 0.25) is 0 Å². The molecule has 5 rings (SSSR count). The predicted molar refractivity (Wildman–Crippen MR) is 140 cm³/mol. The minimum absolute atomic E-state index is 0.0187. The Hall–Kier alpha value is -2.96. The number of halogens is 2. The second kappa shape index (κ2) is 9.72. The lowest BCUT2D eigenvalue weighted by Gasteiger charge is -2.36. The van der Waals surface area contributed by atoms with Crippen molar-refractivity contribution < 1.29 is 4.79 Å². The highest BCUT2D eigenvalue weighted by Crippen LogP contribution is 2.31. The number of anilines is 3. The maximum atomic E-state index is 13.3. The van der Waals surface area contributed by atoms with E-state index in [0.717, 1.165) is 43.2 Å². The first kappa shape index (κ1) is 22.8. The van der Waals surface area contributed by atoms with Crippen LogP contribution >= 0.6 is 23.2 Å². The number of aromatic nitrogens is 1. The smallest absolute Gasteiger partial charge is 0.255 e. The number of carbonyl (C=O) groups excluding carboxylic acids is 1. The lowest BCUT2D eigenvalue weighted by Crippen LogP contribution is -2.48. The van der Waals surface area contributed by atoms with Gasteiger partial charge in [0.1, 0.15) is 5.82 Å². The second-order valence-electron chi connectivity index (χ2n) is 8.79. The van der Waals surface area contributed by atoms with E-state index < -0.39 is 0 Å². The molecule has 2 aliphatic heterocycles. The van der Waals surface area contributed by atoms with Crippen LogP contribution < -0.4 is 15.1 Å². The van der Waals surface area contributed by atoms with Crippen molar-refractivity contribution in [1.29, 1.82) is 0 Å². The fourth-order valence-electron chi connectivity index (χ4n) is 4.52. The fraction of sp³-hybridized carbons (Fsp3) is 0.308. The first-order valence-electron chi connectivity index (χ1n) is 11.5. The highest BCUT2D eigenvalue weighted by atomic mass is 35.5. The molecule has 0 spiro atoms. The number of pyridine rings is 1. The van der Waals surface area contributed by atoms with Crippen LogP contribution in [-0.4, -0.2) is 55.1 Å². The van der Waals surface area contributed by atoms with E-state index in [1.807, 2.05) is 23.1 Å². The third-order valence-corrected chi connectivity index (χ3v) is 7.07. The van der Waals surface area contributed by atoms with Gasteiger partial charge in [0.15, 0.2) is 0 Å². The maximum absolute atomic E-state index is 13.3. The zero-order valence-electron chi connectivity index (χ0n) is 19.1. The SMILES string of the molecule is Cc1ccc(N2CCN(C(=O)c3cnc4c(c3)N(Cc3cc(Cl)ccc3Cl)CCN4)CC2)cc1. The van der Waals surface area contributed by atoms with Crippen molar-refractivity contribution >= 4 is 46.3 Å². The van der Waals surface area contributed by atoms with Crippen molar-refractivity contribution in [3.63, 3.8) is 0 Å². The Bertz CT molecular complexity index is 1190. The molecule has 8 heteroatoms. The largest absolute Gasteiger partial charge is 0.368 e. The molecule has 3 aromatic rings. The van der Waals surface area contributed by atoms with Gasteiger partial charge < -0.3 is 20.0 Å². The number of benzene rings is 2. The Morgan fingerprint density at radius 2 is 1.76 bits per heavy atom. The quantitative estimate of drug-likeness (QED) is 0.546. The number of aryl methyl sites for hydroxylation is 1. The minimum atomic E-state index is 0.0187. The van der Waals surface area contributed by atoms with Gasteiger partial charge in [0.25, 0.3) is 5.91 Å². The zero-order chi connectivity index (χ0) is 23.7. The molecule has 1 fully saturated rings. The number of hydrogen-bond donors (Lipinski definition) is 1. The Labute approximate surface area is 210 Å². The van der Waals surface area contributed by atoms with E-state index in [-0.39, 0.29) is 5.91 Å². The summed E-state index contributed by atoms with van der Waals surface area (Å²) in [6, 6.07) is 16.0. The van der Waals surface area contributed by atoms with Gasteiger partial charge in [0, 0.05) is 67.7 Å². The molecule has 0 saturated carbocycles. The van der Waals surface area contributed by atoms with Gasteiger partial charge in [-0.2, -0.15) is 0 Å². The summed E-state index contributed by atoms with van der Waals surface area (Å²) in [5.74, 6) is 0.801. The van der Waals surface area contributed by atoms with Gasteiger partial charge in [-0.05, 0) is 48.9 Å². The molecule has 2 aromatic carbocycles. The van der Waals surface area contributed by atoms with Gasteiger partial charge in [-0.25, -0.2) is 4.98 Å². The zero-order valence-corrected chi connectivity index (χ0v) is 20.6. The van der Waals surface area contributed by atoms with Crippen molar-refractivity contribution in [2.45, 2.75) is 13.5 Å². The molecular formula is C26H27Cl2N5O. The van der Waals surface area contributed by atoms with Gasteiger partial charge in [-0.15, -0.1) is 0 Å². The Morgan fingerprint density at radius 3 is 2.53 bits per heavy atom. The highest BCUT2D eigenvalue weighted by Gasteiger charge is 2.25. The predicted octanol–water partition coefficient (Wildman–Crippen LogP) is 5.09. The topological polar surface area (TPSA) is 51.7 Å². The molecule has 0 bridgehead atoms. The van der Waals surface area contributed by atoms with Gasteiger partial charge >= 0.3 is 0 Å². The molecule has 1 N–H and O–H groups in total. The van der Waals surface area contributed by atoms with Crippen molar-refractivity contribution in [2.75, 3.05) is 54.4 Å². The van der Waals surface area contributed by atoms with Crippen molar-refractivity contribution in [2.24, 2.45) is 0 Å². The molecule has 0 atom stereocenters. The van der Waals surface area contributed by atoms with Crippen molar-refractivity contribution in [3.05, 3.63) is 81.5 Å². The molecule has 1 aromatic heterocycles. The van der Waals surface area contributed by atoms with E-state index in [4.69, 9.17) is 23.2 Å². The monoisotopic (exact) mass is 495 g/mol. The second-order valence-corrected chi connectivity index (χ2v) is 9.63. The lowest BCUT2D eigenvalue weighted by atomic mass is 10.1. The summed E-state index contributed by atoms with van der Waals surface area (Å²) >= 11 is 12.6. The van der Waals surface area contributed by atoms with Crippen molar-refractivity contribution in [1.82, 2.24) is 9.88 Å². The molecule has 1 saturated heterocycles.